The highest BCUT2D eigenvalue weighted by Gasteiger charge is 2.24. The topological polar surface area (TPSA) is 11.4 Å². The Bertz CT molecular complexity index is 648. The molecule has 0 radical (unpaired) electrons. The molecule has 1 saturated heterocycles. The van der Waals surface area contributed by atoms with Crippen LogP contribution < -0.4 is 0 Å². The molecule has 2 heterocycles. The highest BCUT2D eigenvalue weighted by molar-refractivity contribution is 5.79. The van der Waals surface area contributed by atoms with E-state index in [1.165, 1.54) is 88.6 Å². The largest absolute Gasteiger partial charge is 0.347 e. The molecule has 25 heavy (non-hydrogen) atoms. The maximum absolute atomic E-state index is 2.78. The van der Waals surface area contributed by atoms with Crippen molar-refractivity contribution in [2.45, 2.75) is 57.5 Å². The normalized spacial score (nSPS) is 21.1. The lowest BCUT2D eigenvalue weighted by molar-refractivity contribution is 0.0781. The van der Waals surface area contributed by atoms with Crippen molar-refractivity contribution in [3.63, 3.8) is 0 Å². The van der Waals surface area contributed by atoms with Crippen molar-refractivity contribution in [1.82, 2.24) is 14.4 Å². The standard InChI is InChI=1S/C22H33N3/c1-2-9-21(10-3-1)24-18-16-23(17-19-24)13-6-7-14-25-15-12-20-8-4-5-11-22(20)25/h4-5,8,11-12,15,21H,1-3,6-7,9-10,13-14,16-19H2. The number of rotatable bonds is 6. The van der Waals surface area contributed by atoms with Crippen LogP contribution in [0.15, 0.2) is 36.5 Å². The van der Waals surface area contributed by atoms with Crippen LogP contribution in [0.25, 0.3) is 10.9 Å². The minimum absolute atomic E-state index is 0.901. The summed E-state index contributed by atoms with van der Waals surface area (Å²) in [5, 5.41) is 1.36. The summed E-state index contributed by atoms with van der Waals surface area (Å²) in [5.41, 5.74) is 1.38. The summed E-state index contributed by atoms with van der Waals surface area (Å²) in [6, 6.07) is 11.8. The number of hydrogen-bond acceptors (Lipinski definition) is 2. The molecule has 2 aromatic rings. The lowest BCUT2D eigenvalue weighted by Gasteiger charge is -2.40. The molecular formula is C22H33N3. The van der Waals surface area contributed by atoms with E-state index in [9.17, 15) is 0 Å². The zero-order valence-electron chi connectivity index (χ0n) is 15.6. The summed E-state index contributed by atoms with van der Waals surface area (Å²) in [7, 11) is 0. The van der Waals surface area contributed by atoms with E-state index in [1.54, 1.807) is 0 Å². The number of unbranched alkanes of at least 4 members (excludes halogenated alkanes) is 1. The molecule has 3 heteroatoms. The molecule has 2 aliphatic rings. The molecule has 2 fully saturated rings. The maximum atomic E-state index is 2.78. The van der Waals surface area contributed by atoms with Crippen molar-refractivity contribution in [1.29, 1.82) is 0 Å². The first-order chi connectivity index (χ1) is 12.4. The van der Waals surface area contributed by atoms with Crippen molar-refractivity contribution in [2.75, 3.05) is 32.7 Å². The number of hydrogen-bond donors (Lipinski definition) is 0. The minimum atomic E-state index is 0.901. The Kier molecular flexibility index (Phi) is 5.73. The average Bonchev–Trinajstić information content (AvgIpc) is 3.10. The number of benzene rings is 1. The van der Waals surface area contributed by atoms with Gasteiger partial charge in [-0.05, 0) is 49.7 Å². The molecule has 0 spiro atoms. The molecule has 1 aliphatic carbocycles. The molecule has 0 N–H and O–H groups in total. The fourth-order valence-electron chi connectivity index (χ4n) is 4.75. The average molecular weight is 340 g/mol. The Hall–Kier alpha value is -1.32. The van der Waals surface area contributed by atoms with Gasteiger partial charge in [-0.2, -0.15) is 0 Å². The first-order valence-electron chi connectivity index (χ1n) is 10.4. The highest BCUT2D eigenvalue weighted by atomic mass is 15.3. The maximum Gasteiger partial charge on any atom is 0.0480 e. The lowest BCUT2D eigenvalue weighted by atomic mass is 9.94. The van der Waals surface area contributed by atoms with Gasteiger partial charge >= 0.3 is 0 Å². The van der Waals surface area contributed by atoms with Gasteiger partial charge in [0.05, 0.1) is 0 Å². The quantitative estimate of drug-likeness (QED) is 0.724. The predicted molar refractivity (Wildman–Crippen MR) is 106 cm³/mol. The predicted octanol–water partition coefficient (Wildman–Crippen LogP) is 4.37. The molecule has 1 saturated carbocycles. The van der Waals surface area contributed by atoms with E-state index >= 15 is 0 Å². The minimum Gasteiger partial charge on any atom is -0.347 e. The van der Waals surface area contributed by atoms with Gasteiger partial charge in [-0.1, -0.05) is 37.5 Å². The first-order valence-corrected chi connectivity index (χ1v) is 10.4. The van der Waals surface area contributed by atoms with Crippen molar-refractivity contribution in [2.24, 2.45) is 0 Å². The van der Waals surface area contributed by atoms with Crippen LogP contribution in [0.5, 0.6) is 0 Å². The highest BCUT2D eigenvalue weighted by Crippen LogP contribution is 2.23. The van der Waals surface area contributed by atoms with E-state index in [2.05, 4.69) is 50.9 Å². The SMILES string of the molecule is c1ccc2c(c1)ccn2CCCCN1CCN(C2CCCCC2)CC1. The van der Waals surface area contributed by atoms with Gasteiger partial charge < -0.3 is 9.47 Å². The Labute approximate surface area is 152 Å². The number of piperazine rings is 1. The van der Waals surface area contributed by atoms with Gasteiger partial charge in [0.15, 0.2) is 0 Å². The Morgan fingerprint density at radius 1 is 0.800 bits per heavy atom. The van der Waals surface area contributed by atoms with Gasteiger partial charge in [-0.3, -0.25) is 4.90 Å². The zero-order valence-corrected chi connectivity index (χ0v) is 15.6. The molecule has 1 aliphatic heterocycles. The van der Waals surface area contributed by atoms with Crippen LogP contribution >= 0.6 is 0 Å². The summed E-state index contributed by atoms with van der Waals surface area (Å²) in [6.45, 7) is 7.58. The number of para-hydroxylation sites is 1. The van der Waals surface area contributed by atoms with Crippen LogP contribution in [-0.2, 0) is 6.54 Å². The Balaban J connectivity index is 1.16. The Morgan fingerprint density at radius 2 is 1.56 bits per heavy atom. The van der Waals surface area contributed by atoms with Crippen LogP contribution in [0, 0.1) is 0 Å². The molecule has 0 amide bonds. The molecule has 136 valence electrons. The summed E-state index contributed by atoms with van der Waals surface area (Å²) in [5.74, 6) is 0. The van der Waals surface area contributed by atoms with Crippen LogP contribution in [0.1, 0.15) is 44.9 Å². The summed E-state index contributed by atoms with van der Waals surface area (Å²) in [4.78, 5) is 5.47. The molecule has 0 bridgehead atoms. The molecule has 0 atom stereocenters. The van der Waals surface area contributed by atoms with Crippen LogP contribution in [0.4, 0.5) is 0 Å². The lowest BCUT2D eigenvalue weighted by Crippen LogP contribution is -2.50. The second kappa shape index (κ2) is 8.37. The molecule has 0 unspecified atom stereocenters. The molecule has 1 aromatic heterocycles. The molecular weight excluding hydrogens is 306 g/mol. The number of aryl methyl sites for hydroxylation is 1. The number of fused-ring (bicyclic) bond motifs is 1. The monoisotopic (exact) mass is 339 g/mol. The van der Waals surface area contributed by atoms with E-state index in [-0.39, 0.29) is 0 Å². The van der Waals surface area contributed by atoms with Crippen molar-refractivity contribution >= 4 is 10.9 Å². The van der Waals surface area contributed by atoms with Crippen LogP contribution in [0.3, 0.4) is 0 Å². The third-order valence-corrected chi connectivity index (χ3v) is 6.30. The van der Waals surface area contributed by atoms with E-state index in [0.717, 1.165) is 12.6 Å². The van der Waals surface area contributed by atoms with Crippen molar-refractivity contribution in [3.8, 4) is 0 Å². The van der Waals surface area contributed by atoms with Gasteiger partial charge in [0, 0.05) is 50.5 Å². The molecule has 3 nitrogen and oxygen atoms in total. The number of nitrogens with zero attached hydrogens (tertiary/aromatic N) is 3. The third-order valence-electron chi connectivity index (χ3n) is 6.30. The van der Waals surface area contributed by atoms with Gasteiger partial charge in [0.2, 0.25) is 0 Å². The van der Waals surface area contributed by atoms with Crippen molar-refractivity contribution in [3.05, 3.63) is 36.5 Å². The van der Waals surface area contributed by atoms with E-state index in [4.69, 9.17) is 0 Å². The zero-order chi connectivity index (χ0) is 16.9. The van der Waals surface area contributed by atoms with Gasteiger partial charge in [0.25, 0.3) is 0 Å². The van der Waals surface area contributed by atoms with E-state index in [0.29, 0.717) is 0 Å². The van der Waals surface area contributed by atoms with E-state index < -0.39 is 0 Å². The van der Waals surface area contributed by atoms with Crippen LogP contribution in [-0.4, -0.2) is 53.1 Å². The second-order valence-electron chi connectivity index (χ2n) is 7.94. The number of aromatic nitrogens is 1. The first kappa shape index (κ1) is 17.1. The fraction of sp³-hybridized carbons (Fsp3) is 0.636. The Morgan fingerprint density at radius 3 is 2.40 bits per heavy atom. The second-order valence-corrected chi connectivity index (χ2v) is 7.94. The van der Waals surface area contributed by atoms with Gasteiger partial charge in [-0.25, -0.2) is 0 Å². The van der Waals surface area contributed by atoms with Gasteiger partial charge in [0.1, 0.15) is 0 Å². The summed E-state index contributed by atoms with van der Waals surface area (Å²) >= 11 is 0. The molecule has 1 aromatic carbocycles. The smallest absolute Gasteiger partial charge is 0.0480 e. The van der Waals surface area contributed by atoms with E-state index in [1.807, 2.05) is 0 Å². The third kappa shape index (κ3) is 4.27. The van der Waals surface area contributed by atoms with Crippen LogP contribution in [0.2, 0.25) is 0 Å². The van der Waals surface area contributed by atoms with Gasteiger partial charge in [-0.15, -0.1) is 0 Å². The fourth-order valence-corrected chi connectivity index (χ4v) is 4.75. The summed E-state index contributed by atoms with van der Waals surface area (Å²) in [6.07, 6.45) is 12.1. The summed E-state index contributed by atoms with van der Waals surface area (Å²) < 4.78 is 2.41. The van der Waals surface area contributed by atoms with Crippen molar-refractivity contribution < 1.29 is 0 Å². The molecule has 4 rings (SSSR count).